The second kappa shape index (κ2) is 10.5. The maximum Gasteiger partial charge on any atom is 0.322 e. The van der Waals surface area contributed by atoms with Gasteiger partial charge in [-0.25, -0.2) is 9.48 Å². The molecule has 1 aromatic heterocycles. The van der Waals surface area contributed by atoms with Crippen LogP contribution in [0.2, 0.25) is 0 Å². The number of para-hydroxylation sites is 1. The van der Waals surface area contributed by atoms with Crippen molar-refractivity contribution in [2.45, 2.75) is 59.4 Å². The number of rotatable bonds is 7. The first kappa shape index (κ1) is 25.0. The smallest absolute Gasteiger partial charge is 0.313 e. The highest BCUT2D eigenvalue weighted by Gasteiger charge is 2.24. The first-order valence-corrected chi connectivity index (χ1v) is 11.7. The van der Waals surface area contributed by atoms with Crippen LogP contribution in [0.15, 0.2) is 60.7 Å². The molecule has 0 saturated heterocycles. The Labute approximate surface area is 202 Å². The van der Waals surface area contributed by atoms with Gasteiger partial charge in [0.15, 0.2) is 0 Å². The molecule has 0 radical (unpaired) electrons. The minimum atomic E-state index is -0.314. The number of aryl methyl sites for hydroxylation is 1. The Kier molecular flexibility index (Phi) is 7.76. The van der Waals surface area contributed by atoms with E-state index in [0.29, 0.717) is 11.5 Å². The lowest BCUT2D eigenvalue weighted by Gasteiger charge is -2.26. The molecule has 2 aromatic carbocycles. The Morgan fingerprint density at radius 2 is 1.71 bits per heavy atom. The summed E-state index contributed by atoms with van der Waals surface area (Å²) in [6.45, 7) is 12.0. The molecule has 7 nitrogen and oxygen atoms in total. The Morgan fingerprint density at radius 3 is 2.32 bits per heavy atom. The van der Waals surface area contributed by atoms with Crippen LogP contribution in [0.25, 0.3) is 5.69 Å². The normalized spacial score (nSPS) is 11.4. The van der Waals surface area contributed by atoms with E-state index in [2.05, 4.69) is 38.3 Å². The van der Waals surface area contributed by atoms with Gasteiger partial charge >= 0.3 is 6.03 Å². The van der Waals surface area contributed by atoms with Gasteiger partial charge in [0.05, 0.1) is 11.4 Å². The summed E-state index contributed by atoms with van der Waals surface area (Å²) in [5, 5.41) is 10.6. The maximum absolute atomic E-state index is 13.1. The highest BCUT2D eigenvalue weighted by Crippen LogP contribution is 2.26. The zero-order chi connectivity index (χ0) is 24.9. The minimum absolute atomic E-state index is 0.0816. The van der Waals surface area contributed by atoms with Crippen LogP contribution in [0.1, 0.15) is 52.8 Å². The summed E-state index contributed by atoms with van der Waals surface area (Å²) in [6, 6.07) is 18.8. The van der Waals surface area contributed by atoms with E-state index in [9.17, 15) is 9.59 Å². The van der Waals surface area contributed by atoms with Crippen LogP contribution in [0.5, 0.6) is 0 Å². The number of amides is 3. The molecule has 7 heteroatoms. The topological polar surface area (TPSA) is 79.3 Å². The van der Waals surface area contributed by atoms with Crippen LogP contribution in [0, 0.1) is 0 Å². The largest absolute Gasteiger partial charge is 0.322 e. The lowest BCUT2D eigenvalue weighted by atomic mass is 9.92. The molecule has 0 aliphatic heterocycles. The number of carbonyl (C=O) groups excluding carboxylic acids is 2. The van der Waals surface area contributed by atoms with Crippen LogP contribution in [0.3, 0.4) is 0 Å². The minimum Gasteiger partial charge on any atom is -0.313 e. The number of urea groups is 1. The van der Waals surface area contributed by atoms with Gasteiger partial charge in [-0.2, -0.15) is 5.10 Å². The van der Waals surface area contributed by atoms with Crippen LogP contribution in [-0.4, -0.2) is 39.2 Å². The second-order valence-corrected chi connectivity index (χ2v) is 9.67. The summed E-state index contributed by atoms with van der Waals surface area (Å²) in [5.74, 6) is 0.282. The molecule has 3 amide bonds. The maximum atomic E-state index is 13.1. The van der Waals surface area contributed by atoms with E-state index in [4.69, 9.17) is 5.10 Å². The van der Waals surface area contributed by atoms with E-state index in [-0.39, 0.29) is 29.9 Å². The zero-order valence-electron chi connectivity index (χ0n) is 20.9. The molecule has 0 aliphatic rings. The molecule has 0 saturated carbocycles. The molecular weight excluding hydrogens is 426 g/mol. The number of hydrogen-bond acceptors (Lipinski definition) is 3. The molecule has 180 valence electrons. The van der Waals surface area contributed by atoms with Crippen LogP contribution < -0.4 is 10.6 Å². The number of carbonyl (C=O) groups is 2. The number of nitrogens with one attached hydrogen (secondary N) is 2. The van der Waals surface area contributed by atoms with Crippen molar-refractivity contribution in [3.05, 3.63) is 71.9 Å². The quantitative estimate of drug-likeness (QED) is 0.480. The monoisotopic (exact) mass is 461 g/mol. The van der Waals surface area contributed by atoms with E-state index in [0.717, 1.165) is 23.4 Å². The van der Waals surface area contributed by atoms with E-state index < -0.39 is 0 Å². The summed E-state index contributed by atoms with van der Waals surface area (Å²) in [6.07, 6.45) is 0.881. The molecule has 0 unspecified atom stereocenters. The van der Waals surface area contributed by atoms with Crippen molar-refractivity contribution in [3.63, 3.8) is 0 Å². The van der Waals surface area contributed by atoms with Gasteiger partial charge < -0.3 is 15.5 Å². The van der Waals surface area contributed by atoms with E-state index in [1.165, 1.54) is 4.90 Å². The predicted octanol–water partition coefficient (Wildman–Crippen LogP) is 5.61. The van der Waals surface area contributed by atoms with Gasteiger partial charge in [-0.15, -0.1) is 0 Å². The Hall–Kier alpha value is -3.61. The molecule has 2 N–H and O–H groups in total. The third kappa shape index (κ3) is 6.25. The van der Waals surface area contributed by atoms with Gasteiger partial charge in [-0.3, -0.25) is 4.79 Å². The van der Waals surface area contributed by atoms with Crippen LogP contribution in [-0.2, 0) is 16.6 Å². The Morgan fingerprint density at radius 1 is 1.00 bits per heavy atom. The third-order valence-corrected chi connectivity index (χ3v) is 5.53. The molecule has 34 heavy (non-hydrogen) atoms. The van der Waals surface area contributed by atoms with Gasteiger partial charge in [-0.05, 0) is 50.1 Å². The zero-order valence-corrected chi connectivity index (χ0v) is 20.9. The number of benzene rings is 2. The van der Waals surface area contributed by atoms with Crippen molar-refractivity contribution in [2.75, 3.05) is 17.2 Å². The number of hydrogen-bond donors (Lipinski definition) is 2. The fourth-order valence-electron chi connectivity index (χ4n) is 3.49. The van der Waals surface area contributed by atoms with Gasteiger partial charge in [0.25, 0.3) is 0 Å². The van der Waals surface area contributed by atoms with Gasteiger partial charge in [-0.1, -0.05) is 58.0 Å². The van der Waals surface area contributed by atoms with E-state index in [1.807, 2.05) is 74.5 Å². The van der Waals surface area contributed by atoms with Crippen LogP contribution >= 0.6 is 0 Å². The van der Waals surface area contributed by atoms with Crippen molar-refractivity contribution in [2.24, 2.45) is 0 Å². The highest BCUT2D eigenvalue weighted by atomic mass is 16.2. The summed E-state index contributed by atoms with van der Waals surface area (Å²) in [7, 11) is 0. The summed E-state index contributed by atoms with van der Waals surface area (Å²) in [4.78, 5) is 27.6. The van der Waals surface area contributed by atoms with Gasteiger partial charge in [0, 0.05) is 23.2 Å². The molecule has 3 aromatic rings. The number of nitrogens with zero attached hydrogens (tertiary/aromatic N) is 3. The molecule has 0 spiro atoms. The second-order valence-electron chi connectivity index (χ2n) is 9.67. The lowest BCUT2D eigenvalue weighted by Crippen LogP contribution is -2.44. The van der Waals surface area contributed by atoms with E-state index in [1.54, 1.807) is 4.68 Å². The summed E-state index contributed by atoms with van der Waals surface area (Å²) < 4.78 is 1.73. The molecular formula is C27H35N5O2. The molecule has 0 aliphatic carbocycles. The van der Waals surface area contributed by atoms with Crippen molar-refractivity contribution < 1.29 is 9.59 Å². The van der Waals surface area contributed by atoms with Crippen molar-refractivity contribution in [1.82, 2.24) is 14.7 Å². The highest BCUT2D eigenvalue weighted by molar-refractivity contribution is 5.97. The van der Waals surface area contributed by atoms with Gasteiger partial charge in [0.1, 0.15) is 12.4 Å². The van der Waals surface area contributed by atoms with Crippen molar-refractivity contribution in [3.8, 4) is 5.69 Å². The molecule has 0 atom stereocenters. The fraction of sp³-hybridized carbons (Fsp3) is 0.370. The molecule has 0 bridgehead atoms. The Bertz CT molecular complexity index is 1130. The fourth-order valence-corrected chi connectivity index (χ4v) is 3.49. The van der Waals surface area contributed by atoms with Crippen LogP contribution in [0.4, 0.5) is 16.3 Å². The Balaban J connectivity index is 1.78. The first-order valence-electron chi connectivity index (χ1n) is 11.7. The van der Waals surface area contributed by atoms with Crippen molar-refractivity contribution in [1.29, 1.82) is 0 Å². The number of aromatic nitrogens is 2. The average Bonchev–Trinajstić information content (AvgIpc) is 3.22. The lowest BCUT2D eigenvalue weighted by molar-refractivity contribution is -0.117. The van der Waals surface area contributed by atoms with Gasteiger partial charge in [0.2, 0.25) is 5.91 Å². The molecule has 1 heterocycles. The third-order valence-electron chi connectivity index (χ3n) is 5.53. The predicted molar refractivity (Wildman–Crippen MR) is 138 cm³/mol. The number of anilines is 2. The first-order chi connectivity index (χ1) is 16.1. The average molecular weight is 462 g/mol. The SMILES string of the molecule is CCc1cccc(NC(=O)N(CC(=O)Nc2cc(C(C)(C)C)nn2-c2ccccc2)C(C)C)c1. The summed E-state index contributed by atoms with van der Waals surface area (Å²) in [5.41, 5.74) is 3.38. The summed E-state index contributed by atoms with van der Waals surface area (Å²) >= 11 is 0. The molecule has 0 fully saturated rings. The standard InChI is InChI=1S/C27H35N5O2/c1-7-20-12-11-13-21(16-20)28-26(34)31(19(2)3)18-25(33)29-24-17-23(27(4,5)6)30-32(24)22-14-9-8-10-15-22/h8-17,19H,7,18H2,1-6H3,(H,28,34)(H,29,33). The molecule has 3 rings (SSSR count). The van der Waals surface area contributed by atoms with Crippen molar-refractivity contribution >= 4 is 23.4 Å². The van der Waals surface area contributed by atoms with E-state index >= 15 is 0 Å².